The van der Waals surface area contributed by atoms with Gasteiger partial charge in [0.2, 0.25) is 5.78 Å². The standard InChI is InChI=1S/C23H22N4O2S/c1-27(2)19-9-3-7-16-15(19)6-4-10-21(16)30-26-13-12-24-18-14-20(28)17-8-5-11-25-22(17)23(18)29/h3-11,14,24,26H,12-13H2,1-2H3. The number of Topliss-reactive ketones (excluding diaryl/α,β-unsaturated/α-hetero) is 1. The van der Waals surface area contributed by atoms with Crippen LogP contribution in [0.5, 0.6) is 0 Å². The Morgan fingerprint density at radius 1 is 0.967 bits per heavy atom. The Bertz CT molecular complexity index is 1160. The molecule has 0 radical (unpaired) electrons. The number of hydrogen-bond acceptors (Lipinski definition) is 7. The molecule has 2 N–H and O–H groups in total. The highest BCUT2D eigenvalue weighted by atomic mass is 32.2. The average molecular weight is 419 g/mol. The lowest BCUT2D eigenvalue weighted by Crippen LogP contribution is -2.31. The summed E-state index contributed by atoms with van der Waals surface area (Å²) >= 11 is 1.55. The first-order valence-electron chi connectivity index (χ1n) is 9.64. The summed E-state index contributed by atoms with van der Waals surface area (Å²) in [6.07, 6.45) is 2.88. The van der Waals surface area contributed by atoms with Crippen LogP contribution in [0, 0.1) is 0 Å². The molecule has 7 heteroatoms. The van der Waals surface area contributed by atoms with Crippen molar-refractivity contribution in [2.24, 2.45) is 0 Å². The predicted molar refractivity (Wildman–Crippen MR) is 121 cm³/mol. The second-order valence-electron chi connectivity index (χ2n) is 7.10. The van der Waals surface area contributed by atoms with Crippen LogP contribution in [-0.4, -0.2) is 43.7 Å². The summed E-state index contributed by atoms with van der Waals surface area (Å²) in [7, 11) is 4.08. The Kier molecular flexibility index (Phi) is 5.83. The summed E-state index contributed by atoms with van der Waals surface area (Å²) in [5.41, 5.74) is 2.04. The van der Waals surface area contributed by atoms with Gasteiger partial charge in [-0.05, 0) is 41.6 Å². The molecule has 0 bridgehead atoms. The quantitative estimate of drug-likeness (QED) is 0.450. The van der Waals surface area contributed by atoms with Gasteiger partial charge in [-0.2, -0.15) is 0 Å². The van der Waals surface area contributed by atoms with E-state index < -0.39 is 0 Å². The van der Waals surface area contributed by atoms with Crippen molar-refractivity contribution >= 4 is 40.0 Å². The van der Waals surface area contributed by atoms with E-state index in [0.29, 0.717) is 24.4 Å². The fraction of sp³-hybridized carbons (Fsp3) is 0.174. The van der Waals surface area contributed by atoms with Gasteiger partial charge in [0.1, 0.15) is 5.69 Å². The van der Waals surface area contributed by atoms with Crippen molar-refractivity contribution in [1.82, 2.24) is 15.0 Å². The Morgan fingerprint density at radius 2 is 1.77 bits per heavy atom. The molecular formula is C23H22N4O2S. The van der Waals surface area contributed by atoms with Gasteiger partial charge in [0.05, 0.1) is 11.3 Å². The third-order valence-electron chi connectivity index (χ3n) is 4.87. The van der Waals surface area contributed by atoms with Gasteiger partial charge in [-0.1, -0.05) is 24.3 Å². The number of carbonyl (C=O) groups excluding carboxylic acids is 2. The molecule has 0 saturated carbocycles. The molecule has 0 unspecified atom stereocenters. The number of nitrogens with one attached hydrogen (secondary N) is 2. The number of hydrogen-bond donors (Lipinski definition) is 2. The fourth-order valence-electron chi connectivity index (χ4n) is 3.44. The van der Waals surface area contributed by atoms with Crippen LogP contribution in [0.1, 0.15) is 20.8 Å². The Morgan fingerprint density at radius 3 is 2.60 bits per heavy atom. The Labute approximate surface area is 179 Å². The van der Waals surface area contributed by atoms with Crippen LogP contribution in [0.2, 0.25) is 0 Å². The maximum Gasteiger partial charge on any atom is 0.228 e. The first-order chi connectivity index (χ1) is 14.6. The molecule has 0 fully saturated rings. The van der Waals surface area contributed by atoms with E-state index in [9.17, 15) is 9.59 Å². The van der Waals surface area contributed by atoms with Crippen molar-refractivity contribution in [3.05, 3.63) is 77.8 Å². The molecule has 1 heterocycles. The zero-order valence-electron chi connectivity index (χ0n) is 16.8. The largest absolute Gasteiger partial charge is 0.380 e. The van der Waals surface area contributed by atoms with Crippen molar-refractivity contribution in [1.29, 1.82) is 0 Å². The molecule has 1 aliphatic rings. The topological polar surface area (TPSA) is 74.3 Å². The minimum atomic E-state index is -0.247. The van der Waals surface area contributed by atoms with Crippen LogP contribution in [0.4, 0.5) is 5.69 Å². The lowest BCUT2D eigenvalue weighted by molar-refractivity contribution is 0.0974. The third-order valence-corrected chi connectivity index (χ3v) is 5.80. The number of rotatable bonds is 7. The van der Waals surface area contributed by atoms with Gasteiger partial charge < -0.3 is 10.2 Å². The number of pyridine rings is 1. The van der Waals surface area contributed by atoms with E-state index in [0.717, 1.165) is 4.90 Å². The fourth-order valence-corrected chi connectivity index (χ4v) is 4.23. The van der Waals surface area contributed by atoms with Crippen molar-refractivity contribution in [3.63, 3.8) is 0 Å². The van der Waals surface area contributed by atoms with E-state index in [1.54, 1.807) is 24.1 Å². The maximum atomic E-state index is 12.5. The molecule has 0 aliphatic heterocycles. The van der Waals surface area contributed by atoms with E-state index >= 15 is 0 Å². The number of allylic oxidation sites excluding steroid dienone is 2. The van der Waals surface area contributed by atoms with E-state index in [-0.39, 0.29) is 17.3 Å². The zero-order valence-corrected chi connectivity index (χ0v) is 17.6. The first-order valence-corrected chi connectivity index (χ1v) is 10.5. The van der Waals surface area contributed by atoms with E-state index in [2.05, 4.69) is 56.3 Å². The van der Waals surface area contributed by atoms with Crippen LogP contribution < -0.4 is 14.9 Å². The summed E-state index contributed by atoms with van der Waals surface area (Å²) in [4.78, 5) is 32.0. The second kappa shape index (κ2) is 8.69. The van der Waals surface area contributed by atoms with Gasteiger partial charge in [-0.15, -0.1) is 0 Å². The average Bonchev–Trinajstić information content (AvgIpc) is 2.76. The van der Waals surface area contributed by atoms with Crippen molar-refractivity contribution < 1.29 is 9.59 Å². The maximum absolute atomic E-state index is 12.5. The van der Waals surface area contributed by atoms with Crippen LogP contribution in [0.15, 0.2) is 71.4 Å². The van der Waals surface area contributed by atoms with Gasteiger partial charge in [0.25, 0.3) is 0 Å². The smallest absolute Gasteiger partial charge is 0.228 e. The predicted octanol–water partition coefficient (Wildman–Crippen LogP) is 3.45. The Hall–Kier alpha value is -3.16. The highest BCUT2D eigenvalue weighted by Gasteiger charge is 2.26. The summed E-state index contributed by atoms with van der Waals surface area (Å²) in [5, 5.41) is 5.45. The molecule has 30 heavy (non-hydrogen) atoms. The number of anilines is 1. The molecular weight excluding hydrogens is 396 g/mol. The molecule has 3 aromatic rings. The highest BCUT2D eigenvalue weighted by Crippen LogP contribution is 2.31. The van der Waals surface area contributed by atoms with E-state index in [1.165, 1.54) is 28.7 Å². The minimum Gasteiger partial charge on any atom is -0.380 e. The molecule has 4 rings (SSSR count). The van der Waals surface area contributed by atoms with Crippen molar-refractivity contribution in [2.75, 3.05) is 32.1 Å². The highest BCUT2D eigenvalue weighted by molar-refractivity contribution is 7.97. The molecule has 1 aliphatic carbocycles. The van der Waals surface area contributed by atoms with Gasteiger partial charge in [-0.3, -0.25) is 19.3 Å². The summed E-state index contributed by atoms with van der Waals surface area (Å²) in [5.74, 6) is -0.446. The van der Waals surface area contributed by atoms with Gasteiger partial charge in [0.15, 0.2) is 5.78 Å². The molecule has 2 aromatic carbocycles. The number of aromatic nitrogens is 1. The Balaban J connectivity index is 1.36. The van der Waals surface area contributed by atoms with Gasteiger partial charge in [0, 0.05) is 55.4 Å². The number of ketones is 2. The molecule has 152 valence electrons. The van der Waals surface area contributed by atoms with Crippen molar-refractivity contribution in [3.8, 4) is 0 Å². The number of fused-ring (bicyclic) bond motifs is 2. The lowest BCUT2D eigenvalue weighted by Gasteiger charge is -2.17. The molecule has 0 spiro atoms. The van der Waals surface area contributed by atoms with Crippen molar-refractivity contribution in [2.45, 2.75) is 4.90 Å². The van der Waals surface area contributed by atoms with Crippen LogP contribution in [0.25, 0.3) is 10.8 Å². The van der Waals surface area contributed by atoms with Gasteiger partial charge >= 0.3 is 0 Å². The monoisotopic (exact) mass is 418 g/mol. The summed E-state index contributed by atoms with van der Waals surface area (Å²) in [6.45, 7) is 1.12. The number of carbonyl (C=O) groups is 2. The lowest BCUT2D eigenvalue weighted by atomic mass is 9.97. The summed E-state index contributed by atoms with van der Waals surface area (Å²) in [6, 6.07) is 15.8. The van der Waals surface area contributed by atoms with Crippen LogP contribution in [0.3, 0.4) is 0 Å². The zero-order chi connectivity index (χ0) is 21.1. The third kappa shape index (κ3) is 3.94. The SMILES string of the molecule is CN(C)c1cccc2c(SNCCNC3=CC(=O)c4cccnc4C3=O)cccc12. The molecule has 0 saturated heterocycles. The van der Waals surface area contributed by atoms with Gasteiger partial charge in [-0.25, -0.2) is 0 Å². The molecule has 0 amide bonds. The molecule has 0 atom stereocenters. The van der Waals surface area contributed by atoms with Crippen LogP contribution in [-0.2, 0) is 0 Å². The first kappa shape index (κ1) is 20.1. The minimum absolute atomic E-state index is 0.199. The van der Waals surface area contributed by atoms with Crippen LogP contribution >= 0.6 is 11.9 Å². The van der Waals surface area contributed by atoms with E-state index in [1.807, 2.05) is 14.1 Å². The normalized spacial score (nSPS) is 13.2. The number of nitrogens with zero attached hydrogens (tertiary/aromatic N) is 2. The molecule has 1 aromatic heterocycles. The molecule has 6 nitrogen and oxygen atoms in total. The number of benzene rings is 2. The summed E-state index contributed by atoms with van der Waals surface area (Å²) < 4.78 is 3.33. The van der Waals surface area contributed by atoms with E-state index in [4.69, 9.17) is 0 Å². The second-order valence-corrected chi connectivity index (χ2v) is 8.03.